The number of hydrogen-bond acceptors (Lipinski definition) is 3. The summed E-state index contributed by atoms with van der Waals surface area (Å²) in [4.78, 5) is 43.1. The maximum absolute atomic E-state index is 13.4. The van der Waals surface area contributed by atoms with Crippen molar-refractivity contribution in [3.05, 3.63) is 48.0 Å². The highest BCUT2D eigenvalue weighted by atomic mass is 16.2. The highest BCUT2D eigenvalue weighted by Crippen LogP contribution is 2.50. The van der Waals surface area contributed by atoms with Gasteiger partial charge in [0.15, 0.2) is 0 Å². The number of likely N-dealkylation sites (N-methyl/N-ethyl adjacent to an activating group) is 1. The summed E-state index contributed by atoms with van der Waals surface area (Å²) in [6, 6.07) is 8.91. The number of benzene rings is 1. The van der Waals surface area contributed by atoms with E-state index in [9.17, 15) is 14.4 Å². The van der Waals surface area contributed by atoms with Crippen molar-refractivity contribution in [3.8, 4) is 0 Å². The fourth-order valence-corrected chi connectivity index (χ4v) is 5.28. The van der Waals surface area contributed by atoms with Gasteiger partial charge in [-0.05, 0) is 44.1 Å². The lowest BCUT2D eigenvalue weighted by Gasteiger charge is -2.38. The summed E-state index contributed by atoms with van der Waals surface area (Å²) >= 11 is 0. The van der Waals surface area contributed by atoms with Crippen molar-refractivity contribution < 1.29 is 14.4 Å². The molecule has 5 atom stereocenters. The van der Waals surface area contributed by atoms with Crippen LogP contribution in [-0.2, 0) is 20.8 Å². The lowest BCUT2D eigenvalue weighted by Crippen LogP contribution is -2.52. The molecule has 148 valence electrons. The van der Waals surface area contributed by atoms with Gasteiger partial charge in [0.2, 0.25) is 17.7 Å². The number of rotatable bonds is 6. The summed E-state index contributed by atoms with van der Waals surface area (Å²) in [5, 5.41) is 0. The van der Waals surface area contributed by atoms with Crippen molar-refractivity contribution in [2.45, 2.75) is 39.2 Å². The molecule has 0 N–H and O–H groups in total. The van der Waals surface area contributed by atoms with Crippen molar-refractivity contribution >= 4 is 17.7 Å². The molecule has 1 heterocycles. The molecular weight excluding hydrogens is 352 g/mol. The second-order valence-corrected chi connectivity index (χ2v) is 8.10. The number of amides is 3. The molecule has 0 unspecified atom stereocenters. The fourth-order valence-electron chi connectivity index (χ4n) is 5.28. The van der Waals surface area contributed by atoms with E-state index in [1.165, 1.54) is 4.90 Å². The van der Waals surface area contributed by atoms with Gasteiger partial charge in [-0.15, -0.1) is 0 Å². The maximum atomic E-state index is 13.4. The van der Waals surface area contributed by atoms with Gasteiger partial charge in [-0.25, -0.2) is 0 Å². The van der Waals surface area contributed by atoms with Crippen LogP contribution in [0.25, 0.3) is 0 Å². The van der Waals surface area contributed by atoms with Crippen molar-refractivity contribution in [1.29, 1.82) is 0 Å². The molecule has 2 bridgehead atoms. The van der Waals surface area contributed by atoms with Crippen LogP contribution in [0.2, 0.25) is 0 Å². The Morgan fingerprint density at radius 1 is 1.00 bits per heavy atom. The van der Waals surface area contributed by atoms with Crippen LogP contribution >= 0.6 is 0 Å². The second kappa shape index (κ2) is 7.53. The minimum absolute atomic E-state index is 0.130. The third kappa shape index (κ3) is 2.97. The molecule has 0 radical (unpaired) electrons. The first kappa shape index (κ1) is 18.9. The molecule has 28 heavy (non-hydrogen) atoms. The molecule has 1 aromatic rings. The Hall–Kier alpha value is -2.43. The summed E-state index contributed by atoms with van der Waals surface area (Å²) < 4.78 is 0. The minimum atomic E-state index is -0.757. The Balaban J connectivity index is 1.69. The standard InChI is InChI=1S/C23H28N2O3/c1-3-24(4-2)21(26)18(14-15-8-6-5-7-9-15)25-22(27)19-16-10-11-17(13-12-16)20(19)23(25)28/h5-11,16-20H,3-4,12-14H2,1-2H3/t16-,17-,18+,19-,20+/m0/s1. The molecule has 5 heteroatoms. The number of carbonyl (C=O) groups is 3. The number of likely N-dealkylation sites (tertiary alicyclic amines) is 1. The number of imide groups is 1. The van der Waals surface area contributed by atoms with E-state index in [1.54, 1.807) is 4.90 Å². The van der Waals surface area contributed by atoms with Gasteiger partial charge in [-0.2, -0.15) is 0 Å². The molecule has 0 spiro atoms. The van der Waals surface area contributed by atoms with E-state index in [2.05, 4.69) is 12.2 Å². The Morgan fingerprint density at radius 2 is 1.54 bits per heavy atom. The van der Waals surface area contributed by atoms with Crippen LogP contribution in [0, 0.1) is 23.7 Å². The summed E-state index contributed by atoms with van der Waals surface area (Å²) in [7, 11) is 0. The zero-order valence-corrected chi connectivity index (χ0v) is 16.6. The van der Waals surface area contributed by atoms with Crippen molar-refractivity contribution in [3.63, 3.8) is 0 Å². The SMILES string of the molecule is CCN(CC)C(=O)[C@@H](Cc1ccccc1)N1C(=O)[C@@H]2[C@H](C1=O)[C@H]1C=C[C@H]2CC1. The molecule has 0 aromatic heterocycles. The monoisotopic (exact) mass is 380 g/mol. The first-order valence-corrected chi connectivity index (χ1v) is 10.4. The molecule has 3 aliphatic carbocycles. The van der Waals surface area contributed by atoms with E-state index < -0.39 is 6.04 Å². The average Bonchev–Trinajstić information content (AvgIpc) is 3.01. The third-order valence-corrected chi connectivity index (χ3v) is 6.74. The van der Waals surface area contributed by atoms with Gasteiger partial charge in [0, 0.05) is 19.5 Å². The number of fused-ring (bicyclic) bond motifs is 1. The lowest BCUT2D eigenvalue weighted by molar-refractivity contribution is -0.151. The molecule has 1 saturated carbocycles. The topological polar surface area (TPSA) is 57.7 Å². The minimum Gasteiger partial charge on any atom is -0.341 e. The predicted octanol–water partition coefficient (Wildman–Crippen LogP) is 2.66. The van der Waals surface area contributed by atoms with Gasteiger partial charge in [0.1, 0.15) is 6.04 Å². The highest BCUT2D eigenvalue weighted by molar-refractivity contribution is 6.09. The molecule has 5 nitrogen and oxygen atoms in total. The number of hydrogen-bond donors (Lipinski definition) is 0. The Bertz CT molecular complexity index is 767. The van der Waals surface area contributed by atoms with Gasteiger partial charge in [-0.3, -0.25) is 19.3 Å². The van der Waals surface area contributed by atoms with E-state index in [4.69, 9.17) is 0 Å². The Labute approximate surface area is 166 Å². The van der Waals surface area contributed by atoms with E-state index in [0.29, 0.717) is 19.5 Å². The largest absolute Gasteiger partial charge is 0.341 e. The van der Waals surface area contributed by atoms with Crippen LogP contribution < -0.4 is 0 Å². The first-order valence-electron chi connectivity index (χ1n) is 10.4. The zero-order chi connectivity index (χ0) is 19.8. The average molecular weight is 380 g/mol. The number of carbonyl (C=O) groups excluding carboxylic acids is 3. The van der Waals surface area contributed by atoms with E-state index in [0.717, 1.165) is 18.4 Å². The summed E-state index contributed by atoms with van der Waals surface area (Å²) in [6.45, 7) is 4.99. The van der Waals surface area contributed by atoms with Crippen molar-refractivity contribution in [1.82, 2.24) is 9.80 Å². The predicted molar refractivity (Wildman–Crippen MR) is 106 cm³/mol. The lowest BCUT2D eigenvalue weighted by atomic mass is 9.63. The van der Waals surface area contributed by atoms with Gasteiger partial charge in [0.25, 0.3) is 0 Å². The molecule has 5 rings (SSSR count). The second-order valence-electron chi connectivity index (χ2n) is 8.10. The van der Waals surface area contributed by atoms with Crippen LogP contribution in [0.15, 0.2) is 42.5 Å². The smallest absolute Gasteiger partial charge is 0.246 e. The van der Waals surface area contributed by atoms with Crippen LogP contribution in [0.5, 0.6) is 0 Å². The van der Waals surface area contributed by atoms with E-state index in [1.807, 2.05) is 44.2 Å². The van der Waals surface area contributed by atoms with Crippen molar-refractivity contribution in [2.75, 3.05) is 13.1 Å². The molecule has 4 aliphatic rings. The fraction of sp³-hybridized carbons (Fsp3) is 0.522. The first-order chi connectivity index (χ1) is 13.6. The van der Waals surface area contributed by atoms with Gasteiger partial charge in [-0.1, -0.05) is 42.5 Å². The Morgan fingerprint density at radius 3 is 2.00 bits per heavy atom. The molecular formula is C23H28N2O3. The molecule has 1 aromatic carbocycles. The summed E-state index contributed by atoms with van der Waals surface area (Å²) in [5.41, 5.74) is 0.963. The summed E-state index contributed by atoms with van der Waals surface area (Å²) in [5.74, 6) is -0.701. The molecule has 3 amide bonds. The number of nitrogens with zero attached hydrogens (tertiary/aromatic N) is 2. The molecule has 1 saturated heterocycles. The van der Waals surface area contributed by atoms with E-state index in [-0.39, 0.29) is 41.4 Å². The van der Waals surface area contributed by atoms with E-state index >= 15 is 0 Å². The van der Waals surface area contributed by atoms with Crippen LogP contribution in [0.1, 0.15) is 32.3 Å². The quantitative estimate of drug-likeness (QED) is 0.563. The van der Waals surface area contributed by atoms with Gasteiger partial charge < -0.3 is 4.90 Å². The normalized spacial score (nSPS) is 29.1. The van der Waals surface area contributed by atoms with Crippen LogP contribution in [-0.4, -0.2) is 46.7 Å². The van der Waals surface area contributed by atoms with Gasteiger partial charge in [0.05, 0.1) is 11.8 Å². The number of allylic oxidation sites excluding steroid dienone is 2. The van der Waals surface area contributed by atoms with Gasteiger partial charge >= 0.3 is 0 Å². The van der Waals surface area contributed by atoms with Crippen LogP contribution in [0.4, 0.5) is 0 Å². The summed E-state index contributed by atoms with van der Waals surface area (Å²) in [6.07, 6.45) is 6.52. The Kier molecular flexibility index (Phi) is 5.09. The maximum Gasteiger partial charge on any atom is 0.246 e. The third-order valence-electron chi connectivity index (χ3n) is 6.74. The highest BCUT2D eigenvalue weighted by Gasteiger charge is 2.58. The molecule has 1 aliphatic heterocycles. The zero-order valence-electron chi connectivity index (χ0n) is 16.6. The molecule has 2 fully saturated rings. The van der Waals surface area contributed by atoms with Crippen molar-refractivity contribution in [2.24, 2.45) is 23.7 Å². The van der Waals surface area contributed by atoms with Crippen LogP contribution in [0.3, 0.4) is 0 Å².